The Bertz CT molecular complexity index is 665. The van der Waals surface area contributed by atoms with E-state index in [1.807, 2.05) is 0 Å². The van der Waals surface area contributed by atoms with Crippen molar-refractivity contribution in [3.63, 3.8) is 0 Å². The zero-order chi connectivity index (χ0) is 16.3. The third-order valence-electron chi connectivity index (χ3n) is 3.90. The summed E-state index contributed by atoms with van der Waals surface area (Å²) in [6, 6.07) is 1.98. The van der Waals surface area contributed by atoms with E-state index in [9.17, 15) is 22.9 Å². The van der Waals surface area contributed by atoms with Crippen molar-refractivity contribution in [2.45, 2.75) is 36.6 Å². The van der Waals surface area contributed by atoms with Crippen LogP contribution in [-0.2, 0) is 10.0 Å². The van der Waals surface area contributed by atoms with E-state index in [1.165, 1.54) is 0 Å². The van der Waals surface area contributed by atoms with E-state index in [-0.39, 0.29) is 12.0 Å². The van der Waals surface area contributed by atoms with Crippen LogP contribution in [0.1, 0.15) is 25.7 Å². The van der Waals surface area contributed by atoms with Crippen molar-refractivity contribution in [1.82, 2.24) is 4.72 Å². The lowest BCUT2D eigenvalue weighted by Gasteiger charge is -2.31. The van der Waals surface area contributed by atoms with Gasteiger partial charge in [-0.2, -0.15) is 0 Å². The molecule has 1 aromatic carbocycles. The van der Waals surface area contributed by atoms with E-state index in [0.29, 0.717) is 19.0 Å². The van der Waals surface area contributed by atoms with Crippen LogP contribution in [0.4, 0.5) is 10.1 Å². The fourth-order valence-electron chi connectivity index (χ4n) is 2.72. The van der Waals surface area contributed by atoms with Gasteiger partial charge < -0.3 is 5.73 Å². The lowest BCUT2D eigenvalue weighted by Crippen LogP contribution is -2.44. The van der Waals surface area contributed by atoms with Gasteiger partial charge in [-0.25, -0.2) is 17.5 Å². The van der Waals surface area contributed by atoms with Crippen LogP contribution in [0.5, 0.6) is 0 Å². The zero-order valence-corrected chi connectivity index (χ0v) is 12.7. The van der Waals surface area contributed by atoms with Crippen LogP contribution in [-0.4, -0.2) is 25.9 Å². The molecule has 1 aromatic rings. The molecule has 0 spiro atoms. The highest BCUT2D eigenvalue weighted by molar-refractivity contribution is 7.89. The summed E-state index contributed by atoms with van der Waals surface area (Å²) in [6.45, 7) is 0.358. The molecule has 0 aliphatic heterocycles. The normalized spacial score (nSPS) is 22.5. The maximum absolute atomic E-state index is 13.4. The third-order valence-corrected chi connectivity index (χ3v) is 5.36. The fraction of sp³-hybridized carbons (Fsp3) is 0.538. The molecule has 0 aromatic heterocycles. The number of benzene rings is 1. The number of nitrogens with zero attached hydrogens (tertiary/aromatic N) is 1. The molecule has 0 bridgehead atoms. The first-order valence-corrected chi connectivity index (χ1v) is 8.49. The van der Waals surface area contributed by atoms with E-state index in [4.69, 9.17) is 5.73 Å². The van der Waals surface area contributed by atoms with Crippen molar-refractivity contribution in [2.75, 3.05) is 6.54 Å². The number of nitrogens with two attached hydrogens (primary N) is 1. The number of non-ortho nitro benzene ring substituents is 1. The number of nitrogens with one attached hydrogen (secondary N) is 1. The molecular weight excluding hydrogens is 313 g/mol. The first kappa shape index (κ1) is 16.8. The van der Waals surface area contributed by atoms with Crippen LogP contribution in [0, 0.1) is 21.8 Å². The Hall–Kier alpha value is -1.58. The van der Waals surface area contributed by atoms with Gasteiger partial charge in [-0.05, 0) is 31.4 Å². The van der Waals surface area contributed by atoms with Crippen LogP contribution in [0.25, 0.3) is 0 Å². The topological polar surface area (TPSA) is 115 Å². The quantitative estimate of drug-likeness (QED) is 0.627. The number of halogens is 1. The Morgan fingerprint density at radius 1 is 1.32 bits per heavy atom. The molecule has 2 rings (SSSR count). The number of sulfonamides is 1. The Labute approximate surface area is 127 Å². The molecule has 2 atom stereocenters. The monoisotopic (exact) mass is 331 g/mol. The standard InChI is InChI=1S/C13H18FN3O4S/c14-10-5-11(17(18)19)7-12(6-10)22(20,21)16-13-4-2-1-3-9(13)8-15/h5-7,9,13,16H,1-4,8,15H2. The third kappa shape index (κ3) is 3.79. The van der Waals surface area contributed by atoms with Crippen molar-refractivity contribution < 1.29 is 17.7 Å². The highest BCUT2D eigenvalue weighted by atomic mass is 32.2. The van der Waals surface area contributed by atoms with Gasteiger partial charge in [0.15, 0.2) is 0 Å². The summed E-state index contributed by atoms with van der Waals surface area (Å²) in [4.78, 5) is 9.46. The second-order valence-corrected chi connectivity index (χ2v) is 7.12. The van der Waals surface area contributed by atoms with E-state index < -0.39 is 31.3 Å². The Balaban J connectivity index is 2.28. The average molecular weight is 331 g/mol. The van der Waals surface area contributed by atoms with Crippen molar-refractivity contribution in [1.29, 1.82) is 0 Å². The van der Waals surface area contributed by atoms with Gasteiger partial charge in [-0.15, -0.1) is 0 Å². The lowest BCUT2D eigenvalue weighted by atomic mass is 9.85. The molecular formula is C13H18FN3O4S. The molecule has 0 saturated heterocycles. The molecule has 22 heavy (non-hydrogen) atoms. The summed E-state index contributed by atoms with van der Waals surface area (Å²) >= 11 is 0. The molecule has 1 aliphatic rings. The Kier molecular flexibility index (Phi) is 5.09. The van der Waals surface area contributed by atoms with E-state index in [0.717, 1.165) is 31.4 Å². The molecule has 3 N–H and O–H groups in total. The number of nitro groups is 1. The summed E-state index contributed by atoms with van der Waals surface area (Å²) in [7, 11) is -4.03. The molecule has 1 fully saturated rings. The van der Waals surface area contributed by atoms with Crippen molar-refractivity contribution in [3.05, 3.63) is 34.1 Å². The summed E-state index contributed by atoms with van der Waals surface area (Å²) in [5.74, 6) is -0.944. The smallest absolute Gasteiger partial charge is 0.273 e. The maximum atomic E-state index is 13.4. The van der Waals surface area contributed by atoms with Crippen molar-refractivity contribution in [3.8, 4) is 0 Å². The Morgan fingerprint density at radius 2 is 2.00 bits per heavy atom. The molecule has 1 saturated carbocycles. The number of rotatable bonds is 5. The second kappa shape index (κ2) is 6.67. The number of hydrogen-bond donors (Lipinski definition) is 2. The number of hydrogen-bond acceptors (Lipinski definition) is 5. The average Bonchev–Trinajstić information content (AvgIpc) is 2.46. The minimum atomic E-state index is -4.03. The van der Waals surface area contributed by atoms with E-state index in [1.54, 1.807) is 0 Å². The minimum absolute atomic E-state index is 0.0204. The van der Waals surface area contributed by atoms with Crippen molar-refractivity contribution >= 4 is 15.7 Å². The van der Waals surface area contributed by atoms with Gasteiger partial charge in [0.2, 0.25) is 10.0 Å². The molecule has 122 valence electrons. The van der Waals surface area contributed by atoms with Gasteiger partial charge in [-0.3, -0.25) is 10.1 Å². The molecule has 0 heterocycles. The lowest BCUT2D eigenvalue weighted by molar-refractivity contribution is -0.385. The summed E-state index contributed by atoms with van der Waals surface area (Å²) < 4.78 is 40.6. The van der Waals surface area contributed by atoms with Crippen molar-refractivity contribution in [2.24, 2.45) is 11.7 Å². The summed E-state index contributed by atoms with van der Waals surface area (Å²) in [5, 5.41) is 10.7. The van der Waals surface area contributed by atoms with E-state index >= 15 is 0 Å². The fourth-order valence-corrected chi connectivity index (χ4v) is 4.11. The zero-order valence-electron chi connectivity index (χ0n) is 11.9. The van der Waals surface area contributed by atoms with Crippen LogP contribution in [0.2, 0.25) is 0 Å². The van der Waals surface area contributed by atoms with Crippen LogP contribution < -0.4 is 10.5 Å². The first-order chi connectivity index (χ1) is 10.3. The molecule has 1 aliphatic carbocycles. The SMILES string of the molecule is NCC1CCCCC1NS(=O)(=O)c1cc(F)cc([N+](=O)[O-])c1. The van der Waals surface area contributed by atoms with Gasteiger partial charge in [-0.1, -0.05) is 12.8 Å². The predicted octanol–water partition coefficient (Wildman–Crippen LogP) is 1.53. The molecule has 2 unspecified atom stereocenters. The Morgan fingerprint density at radius 3 is 2.64 bits per heavy atom. The van der Waals surface area contributed by atoms with Gasteiger partial charge in [0, 0.05) is 12.1 Å². The van der Waals surface area contributed by atoms with Gasteiger partial charge in [0.1, 0.15) is 5.82 Å². The molecule has 0 amide bonds. The van der Waals surface area contributed by atoms with Crippen LogP contribution >= 0.6 is 0 Å². The van der Waals surface area contributed by atoms with Crippen LogP contribution in [0.3, 0.4) is 0 Å². The molecule has 9 heteroatoms. The molecule has 7 nitrogen and oxygen atoms in total. The summed E-state index contributed by atoms with van der Waals surface area (Å²) in [5.41, 5.74) is 5.06. The highest BCUT2D eigenvalue weighted by Crippen LogP contribution is 2.26. The second-order valence-electron chi connectivity index (χ2n) is 5.41. The predicted molar refractivity (Wildman–Crippen MR) is 78.2 cm³/mol. The number of nitro benzene ring substituents is 1. The maximum Gasteiger partial charge on any atom is 0.273 e. The van der Waals surface area contributed by atoms with Gasteiger partial charge in [0.25, 0.3) is 5.69 Å². The summed E-state index contributed by atoms with van der Waals surface area (Å²) in [6.07, 6.45) is 3.35. The minimum Gasteiger partial charge on any atom is -0.330 e. The largest absolute Gasteiger partial charge is 0.330 e. The molecule has 0 radical (unpaired) electrons. The van der Waals surface area contributed by atoms with Crippen LogP contribution in [0.15, 0.2) is 23.1 Å². The first-order valence-electron chi connectivity index (χ1n) is 7.01. The highest BCUT2D eigenvalue weighted by Gasteiger charge is 2.29. The van der Waals surface area contributed by atoms with Gasteiger partial charge >= 0.3 is 0 Å². The van der Waals surface area contributed by atoms with Gasteiger partial charge in [0.05, 0.1) is 15.9 Å². The van der Waals surface area contributed by atoms with E-state index in [2.05, 4.69) is 4.72 Å².